The van der Waals surface area contributed by atoms with Gasteiger partial charge in [0, 0.05) is 22.7 Å². The van der Waals surface area contributed by atoms with Gasteiger partial charge in [-0.2, -0.15) is 0 Å². The number of aromatic nitrogens is 3. The highest BCUT2D eigenvalue weighted by Gasteiger charge is 2.18. The largest absolute Gasteiger partial charge is 0.245 e. The zero-order chi connectivity index (χ0) is 20.0. The van der Waals surface area contributed by atoms with Gasteiger partial charge in [-0.15, -0.1) is 11.3 Å². The molecule has 0 saturated heterocycles. The van der Waals surface area contributed by atoms with Crippen LogP contribution >= 0.6 is 11.3 Å². The number of hydrogen-bond acceptors (Lipinski definition) is 4. The minimum absolute atomic E-state index is 0.0411. The average molecular weight is 396 g/mol. The Balaban J connectivity index is 1.66. The van der Waals surface area contributed by atoms with Crippen LogP contribution in [0.15, 0.2) is 72.5 Å². The van der Waals surface area contributed by atoms with E-state index in [0.717, 1.165) is 32.7 Å². The van der Waals surface area contributed by atoms with Gasteiger partial charge in [-0.25, -0.2) is 15.0 Å². The highest BCUT2D eigenvalue weighted by Crippen LogP contribution is 2.35. The molecule has 29 heavy (non-hydrogen) atoms. The summed E-state index contributed by atoms with van der Waals surface area (Å²) >= 11 is 1.65. The third-order valence-electron chi connectivity index (χ3n) is 5.23. The normalized spacial score (nSPS) is 12.0. The Labute approximate surface area is 174 Å². The molecule has 0 aliphatic rings. The van der Waals surface area contributed by atoms with Crippen LogP contribution in [0.25, 0.3) is 43.5 Å². The highest BCUT2D eigenvalue weighted by molar-refractivity contribution is 7.16. The van der Waals surface area contributed by atoms with Gasteiger partial charge in [-0.1, -0.05) is 45.0 Å². The first-order chi connectivity index (χ1) is 14.0. The molecule has 0 unspecified atom stereocenters. The number of nitrogens with zero attached hydrogens (tertiary/aromatic N) is 3. The Hall–Kier alpha value is -3.11. The zero-order valence-corrected chi connectivity index (χ0v) is 17.5. The van der Waals surface area contributed by atoms with Crippen molar-refractivity contribution in [1.29, 1.82) is 0 Å². The second kappa shape index (κ2) is 6.75. The van der Waals surface area contributed by atoms with Gasteiger partial charge in [-0.05, 0) is 57.5 Å². The van der Waals surface area contributed by atoms with Crippen molar-refractivity contribution in [2.45, 2.75) is 26.2 Å². The summed E-state index contributed by atoms with van der Waals surface area (Å²) in [5.41, 5.74) is 5.31. The van der Waals surface area contributed by atoms with Crippen LogP contribution in [0.2, 0.25) is 0 Å². The summed E-state index contributed by atoms with van der Waals surface area (Å²) in [6, 6.07) is 19.4. The molecule has 0 spiro atoms. The fourth-order valence-corrected chi connectivity index (χ4v) is 4.47. The summed E-state index contributed by atoms with van der Waals surface area (Å²) in [5.74, 6) is 0. The summed E-state index contributed by atoms with van der Waals surface area (Å²) < 4.78 is 0. The van der Waals surface area contributed by atoms with Gasteiger partial charge >= 0.3 is 0 Å². The van der Waals surface area contributed by atoms with Gasteiger partial charge in [0.1, 0.15) is 11.2 Å². The van der Waals surface area contributed by atoms with E-state index in [-0.39, 0.29) is 5.41 Å². The SMILES string of the molecule is CC(C)(C)c1cc(-c2cc(-c3cnc4sccc4c3)ncn2)cc2ccccc12. The summed E-state index contributed by atoms with van der Waals surface area (Å²) in [6.07, 6.45) is 3.54. The van der Waals surface area contributed by atoms with Crippen LogP contribution < -0.4 is 0 Å². The fourth-order valence-electron chi connectivity index (χ4n) is 3.75. The number of pyridine rings is 1. The molecular weight excluding hydrogens is 374 g/mol. The van der Waals surface area contributed by atoms with Gasteiger partial charge < -0.3 is 0 Å². The Kier molecular flexibility index (Phi) is 4.18. The van der Waals surface area contributed by atoms with Gasteiger partial charge in [0.15, 0.2) is 0 Å². The van der Waals surface area contributed by atoms with Crippen molar-refractivity contribution in [2.24, 2.45) is 0 Å². The molecule has 0 radical (unpaired) electrons. The van der Waals surface area contributed by atoms with E-state index in [1.807, 2.05) is 6.20 Å². The number of hydrogen-bond donors (Lipinski definition) is 0. The third kappa shape index (κ3) is 3.30. The molecule has 3 aromatic heterocycles. The van der Waals surface area contributed by atoms with Gasteiger partial charge in [0.2, 0.25) is 0 Å². The van der Waals surface area contributed by atoms with Crippen molar-refractivity contribution in [3.8, 4) is 22.5 Å². The monoisotopic (exact) mass is 395 g/mol. The minimum Gasteiger partial charge on any atom is -0.245 e. The lowest BCUT2D eigenvalue weighted by Crippen LogP contribution is -2.12. The molecule has 0 atom stereocenters. The maximum absolute atomic E-state index is 4.59. The lowest BCUT2D eigenvalue weighted by Gasteiger charge is -2.22. The first kappa shape index (κ1) is 18.0. The van der Waals surface area contributed by atoms with E-state index >= 15 is 0 Å². The molecule has 3 nitrogen and oxygen atoms in total. The second-order valence-corrected chi connectivity index (χ2v) is 9.22. The fraction of sp³-hybridized carbons (Fsp3) is 0.160. The molecule has 4 heteroatoms. The van der Waals surface area contributed by atoms with Crippen molar-refractivity contribution < 1.29 is 0 Å². The summed E-state index contributed by atoms with van der Waals surface area (Å²) in [7, 11) is 0. The number of benzene rings is 2. The van der Waals surface area contributed by atoms with Crippen molar-refractivity contribution >= 4 is 32.3 Å². The van der Waals surface area contributed by atoms with Crippen LogP contribution in [0.1, 0.15) is 26.3 Å². The smallest absolute Gasteiger partial charge is 0.123 e. The van der Waals surface area contributed by atoms with E-state index in [1.54, 1.807) is 17.7 Å². The molecule has 0 N–H and O–H groups in total. The Morgan fingerprint density at radius 3 is 2.34 bits per heavy atom. The molecule has 5 aromatic rings. The average Bonchev–Trinajstić information content (AvgIpc) is 3.20. The molecule has 0 amide bonds. The molecule has 0 saturated carbocycles. The molecule has 0 aliphatic heterocycles. The van der Waals surface area contributed by atoms with E-state index in [1.165, 1.54) is 16.3 Å². The summed E-state index contributed by atoms with van der Waals surface area (Å²) in [5, 5.41) is 5.74. The predicted molar refractivity (Wildman–Crippen MR) is 122 cm³/mol. The number of fused-ring (bicyclic) bond motifs is 2. The minimum atomic E-state index is 0.0411. The molecular formula is C25H21N3S. The maximum atomic E-state index is 4.59. The molecule has 2 aromatic carbocycles. The van der Waals surface area contributed by atoms with E-state index in [9.17, 15) is 0 Å². The second-order valence-electron chi connectivity index (χ2n) is 8.32. The van der Waals surface area contributed by atoms with Crippen LogP contribution in [0.5, 0.6) is 0 Å². The Bertz CT molecular complexity index is 1350. The van der Waals surface area contributed by atoms with E-state index < -0.39 is 0 Å². The topological polar surface area (TPSA) is 38.7 Å². The van der Waals surface area contributed by atoms with Crippen LogP contribution in [-0.4, -0.2) is 15.0 Å². The van der Waals surface area contributed by atoms with Crippen LogP contribution in [0.3, 0.4) is 0 Å². The van der Waals surface area contributed by atoms with Crippen LogP contribution in [0.4, 0.5) is 0 Å². The maximum Gasteiger partial charge on any atom is 0.123 e. The molecule has 142 valence electrons. The quantitative estimate of drug-likeness (QED) is 0.327. The number of rotatable bonds is 2. The Morgan fingerprint density at radius 1 is 0.759 bits per heavy atom. The summed E-state index contributed by atoms with van der Waals surface area (Å²) in [4.78, 5) is 14.7. The number of thiophene rings is 1. The van der Waals surface area contributed by atoms with Gasteiger partial charge in [-0.3, -0.25) is 0 Å². The first-order valence-corrected chi connectivity index (χ1v) is 10.6. The summed E-state index contributed by atoms with van der Waals surface area (Å²) in [6.45, 7) is 6.77. The molecule has 0 fully saturated rings. The predicted octanol–water partition coefficient (Wildman–Crippen LogP) is 6.87. The lowest BCUT2D eigenvalue weighted by molar-refractivity contribution is 0.596. The third-order valence-corrected chi connectivity index (χ3v) is 6.07. The molecule has 3 heterocycles. The van der Waals surface area contributed by atoms with Crippen molar-refractivity contribution in [3.63, 3.8) is 0 Å². The Morgan fingerprint density at radius 2 is 1.52 bits per heavy atom. The van der Waals surface area contributed by atoms with Gasteiger partial charge in [0.05, 0.1) is 11.4 Å². The standard InChI is InChI=1S/C25H21N3S/c1-25(2,3)21-12-18(10-16-6-4-5-7-20(16)21)22-13-23(28-15-27-22)19-11-17-8-9-29-24(17)26-14-19/h4-15H,1-3H3. The van der Waals surface area contributed by atoms with Gasteiger partial charge in [0.25, 0.3) is 0 Å². The first-order valence-electron chi connectivity index (χ1n) is 9.68. The van der Waals surface area contributed by atoms with Crippen molar-refractivity contribution in [3.05, 3.63) is 78.1 Å². The van der Waals surface area contributed by atoms with E-state index in [2.05, 4.69) is 95.7 Å². The molecule has 5 rings (SSSR count). The van der Waals surface area contributed by atoms with Crippen molar-refractivity contribution in [2.75, 3.05) is 0 Å². The van der Waals surface area contributed by atoms with Crippen LogP contribution in [0, 0.1) is 0 Å². The molecule has 0 aliphatic carbocycles. The van der Waals surface area contributed by atoms with Crippen LogP contribution in [-0.2, 0) is 5.41 Å². The van der Waals surface area contributed by atoms with E-state index in [4.69, 9.17) is 0 Å². The van der Waals surface area contributed by atoms with E-state index in [0.29, 0.717) is 0 Å². The lowest BCUT2D eigenvalue weighted by atomic mass is 9.82. The van der Waals surface area contributed by atoms with Crippen molar-refractivity contribution in [1.82, 2.24) is 15.0 Å². The zero-order valence-electron chi connectivity index (χ0n) is 16.7. The highest BCUT2D eigenvalue weighted by atomic mass is 32.1. The molecule has 0 bridgehead atoms.